The van der Waals surface area contributed by atoms with E-state index in [1.165, 1.54) is 18.4 Å². The van der Waals surface area contributed by atoms with Crippen LogP contribution in [0.2, 0.25) is 0 Å². The molecule has 0 spiro atoms. The van der Waals surface area contributed by atoms with E-state index in [1.54, 1.807) is 0 Å². The Morgan fingerprint density at radius 2 is 2.25 bits per heavy atom. The van der Waals surface area contributed by atoms with Crippen molar-refractivity contribution in [3.63, 3.8) is 0 Å². The van der Waals surface area contributed by atoms with Crippen molar-refractivity contribution in [3.8, 4) is 5.75 Å². The molecule has 2 nitrogen and oxygen atoms in total. The Kier molecular flexibility index (Phi) is 4.23. The second kappa shape index (κ2) is 5.90. The van der Waals surface area contributed by atoms with Crippen LogP contribution in [-0.4, -0.2) is 19.2 Å². The van der Waals surface area contributed by atoms with Gasteiger partial charge in [-0.2, -0.15) is 0 Å². The summed E-state index contributed by atoms with van der Waals surface area (Å²) >= 11 is 0. The van der Waals surface area contributed by atoms with Crippen molar-refractivity contribution in [1.29, 1.82) is 0 Å². The summed E-state index contributed by atoms with van der Waals surface area (Å²) in [5.74, 6) is 1.03. The van der Waals surface area contributed by atoms with Gasteiger partial charge in [-0.25, -0.2) is 0 Å². The van der Waals surface area contributed by atoms with Gasteiger partial charge in [-0.15, -0.1) is 0 Å². The largest absolute Gasteiger partial charge is 0.490 e. The van der Waals surface area contributed by atoms with Crippen molar-refractivity contribution in [2.75, 3.05) is 13.1 Å². The van der Waals surface area contributed by atoms with Crippen molar-refractivity contribution < 1.29 is 4.74 Å². The first-order valence-electron chi connectivity index (χ1n) is 6.35. The minimum Gasteiger partial charge on any atom is -0.490 e. The van der Waals surface area contributed by atoms with Crippen LogP contribution in [0.15, 0.2) is 24.3 Å². The quantitative estimate of drug-likeness (QED) is 0.844. The smallest absolute Gasteiger partial charge is 0.119 e. The lowest BCUT2D eigenvalue weighted by molar-refractivity contribution is 0.187. The predicted octanol–water partition coefficient (Wildman–Crippen LogP) is 2.77. The van der Waals surface area contributed by atoms with Gasteiger partial charge in [-0.1, -0.05) is 19.1 Å². The second-order valence-corrected chi connectivity index (χ2v) is 4.42. The number of rotatable bonds is 3. The molecule has 0 aromatic heterocycles. The van der Waals surface area contributed by atoms with E-state index in [2.05, 4.69) is 36.5 Å². The monoisotopic (exact) mass is 219 g/mol. The summed E-state index contributed by atoms with van der Waals surface area (Å²) in [5.41, 5.74) is 1.35. The van der Waals surface area contributed by atoms with E-state index in [0.29, 0.717) is 6.10 Å². The Balaban J connectivity index is 1.96. The second-order valence-electron chi connectivity index (χ2n) is 4.42. The molecule has 1 aliphatic heterocycles. The molecule has 0 radical (unpaired) electrons. The van der Waals surface area contributed by atoms with Crippen LogP contribution in [-0.2, 0) is 6.42 Å². The summed E-state index contributed by atoms with van der Waals surface area (Å²) in [7, 11) is 0. The number of ether oxygens (including phenoxy) is 1. The van der Waals surface area contributed by atoms with Crippen LogP contribution in [0.25, 0.3) is 0 Å². The molecule has 1 N–H and O–H groups in total. The summed E-state index contributed by atoms with van der Waals surface area (Å²) in [5, 5.41) is 3.41. The molecular formula is C14H21NO. The van der Waals surface area contributed by atoms with E-state index in [0.717, 1.165) is 31.7 Å². The molecule has 1 fully saturated rings. The number of aryl methyl sites for hydroxylation is 1. The van der Waals surface area contributed by atoms with E-state index in [-0.39, 0.29) is 0 Å². The van der Waals surface area contributed by atoms with Gasteiger partial charge in [0.1, 0.15) is 5.75 Å². The van der Waals surface area contributed by atoms with Crippen LogP contribution in [0.5, 0.6) is 5.75 Å². The van der Waals surface area contributed by atoms with Gasteiger partial charge in [0.25, 0.3) is 0 Å². The van der Waals surface area contributed by atoms with E-state index < -0.39 is 0 Å². The van der Waals surface area contributed by atoms with Crippen LogP contribution in [0.1, 0.15) is 31.7 Å². The maximum Gasteiger partial charge on any atom is 0.119 e. The molecule has 2 rings (SSSR count). The van der Waals surface area contributed by atoms with Gasteiger partial charge in [0, 0.05) is 0 Å². The summed E-state index contributed by atoms with van der Waals surface area (Å²) < 4.78 is 6.04. The van der Waals surface area contributed by atoms with Crippen LogP contribution >= 0.6 is 0 Å². The zero-order chi connectivity index (χ0) is 11.2. The summed E-state index contributed by atoms with van der Waals surface area (Å²) in [6.45, 7) is 4.39. The third-order valence-corrected chi connectivity index (χ3v) is 3.13. The van der Waals surface area contributed by atoms with Gasteiger partial charge in [0.05, 0.1) is 6.10 Å². The van der Waals surface area contributed by atoms with E-state index in [4.69, 9.17) is 4.74 Å². The number of hydrogen-bond acceptors (Lipinski definition) is 2. The molecule has 0 aliphatic carbocycles. The Morgan fingerprint density at radius 1 is 1.31 bits per heavy atom. The summed E-state index contributed by atoms with van der Waals surface area (Å²) in [6.07, 6.45) is 4.98. The molecule has 1 unspecified atom stereocenters. The first-order valence-corrected chi connectivity index (χ1v) is 6.35. The highest BCUT2D eigenvalue weighted by Crippen LogP contribution is 2.18. The van der Waals surface area contributed by atoms with Crippen molar-refractivity contribution >= 4 is 0 Å². The average Bonchev–Trinajstić information content (AvgIpc) is 2.58. The highest BCUT2D eigenvalue weighted by atomic mass is 16.5. The van der Waals surface area contributed by atoms with Crippen molar-refractivity contribution in [2.45, 2.75) is 38.7 Å². The first-order chi connectivity index (χ1) is 7.88. The van der Waals surface area contributed by atoms with E-state index >= 15 is 0 Å². The molecular weight excluding hydrogens is 198 g/mol. The Labute approximate surface area is 98.0 Å². The maximum atomic E-state index is 6.04. The highest BCUT2D eigenvalue weighted by Gasteiger charge is 2.13. The molecule has 1 aromatic carbocycles. The third-order valence-electron chi connectivity index (χ3n) is 3.13. The molecule has 1 saturated heterocycles. The maximum absolute atomic E-state index is 6.04. The van der Waals surface area contributed by atoms with Crippen LogP contribution < -0.4 is 10.1 Å². The fourth-order valence-corrected chi connectivity index (χ4v) is 2.14. The standard InChI is InChI=1S/C14H21NO/c1-2-12-5-3-6-14(11-12)16-13-7-4-9-15-10-8-13/h3,5-6,11,13,15H,2,4,7-10H2,1H3. The first kappa shape index (κ1) is 11.5. The molecule has 0 saturated carbocycles. The van der Waals surface area contributed by atoms with Crippen LogP contribution in [0.3, 0.4) is 0 Å². The molecule has 16 heavy (non-hydrogen) atoms. The molecule has 0 amide bonds. The molecule has 1 aliphatic rings. The summed E-state index contributed by atoms with van der Waals surface area (Å²) in [4.78, 5) is 0. The molecule has 0 bridgehead atoms. The molecule has 1 heterocycles. The Hall–Kier alpha value is -1.02. The van der Waals surface area contributed by atoms with Gasteiger partial charge in [-0.05, 0) is 56.5 Å². The predicted molar refractivity (Wildman–Crippen MR) is 67.0 cm³/mol. The lowest BCUT2D eigenvalue weighted by Gasteiger charge is -2.17. The summed E-state index contributed by atoms with van der Waals surface area (Å²) in [6, 6.07) is 8.47. The van der Waals surface area contributed by atoms with Gasteiger partial charge in [-0.3, -0.25) is 0 Å². The number of benzene rings is 1. The Morgan fingerprint density at radius 3 is 3.12 bits per heavy atom. The zero-order valence-electron chi connectivity index (χ0n) is 10.0. The minimum atomic E-state index is 0.391. The van der Waals surface area contributed by atoms with Crippen molar-refractivity contribution in [3.05, 3.63) is 29.8 Å². The molecule has 88 valence electrons. The Bertz CT molecular complexity index is 316. The van der Waals surface area contributed by atoms with Gasteiger partial charge in [0.2, 0.25) is 0 Å². The molecule has 1 atom stereocenters. The van der Waals surface area contributed by atoms with Crippen LogP contribution in [0.4, 0.5) is 0 Å². The van der Waals surface area contributed by atoms with Gasteiger partial charge in [0.15, 0.2) is 0 Å². The third kappa shape index (κ3) is 3.24. The number of hydrogen-bond donors (Lipinski definition) is 1. The zero-order valence-corrected chi connectivity index (χ0v) is 10.0. The SMILES string of the molecule is CCc1cccc(OC2CCCNCC2)c1. The lowest BCUT2D eigenvalue weighted by Crippen LogP contribution is -2.19. The van der Waals surface area contributed by atoms with E-state index in [1.807, 2.05) is 0 Å². The highest BCUT2D eigenvalue weighted by molar-refractivity contribution is 5.28. The van der Waals surface area contributed by atoms with Gasteiger partial charge >= 0.3 is 0 Å². The topological polar surface area (TPSA) is 21.3 Å². The number of nitrogens with one attached hydrogen (secondary N) is 1. The van der Waals surface area contributed by atoms with Crippen molar-refractivity contribution in [2.24, 2.45) is 0 Å². The lowest BCUT2D eigenvalue weighted by atomic mass is 10.1. The fraction of sp³-hybridized carbons (Fsp3) is 0.571. The molecule has 2 heteroatoms. The van der Waals surface area contributed by atoms with Gasteiger partial charge < -0.3 is 10.1 Å². The van der Waals surface area contributed by atoms with Crippen molar-refractivity contribution in [1.82, 2.24) is 5.32 Å². The fourth-order valence-electron chi connectivity index (χ4n) is 2.14. The average molecular weight is 219 g/mol. The minimum absolute atomic E-state index is 0.391. The molecule has 1 aromatic rings. The van der Waals surface area contributed by atoms with Crippen LogP contribution in [0, 0.1) is 0 Å². The normalized spacial score (nSPS) is 21.4. The van der Waals surface area contributed by atoms with E-state index in [9.17, 15) is 0 Å².